The molecule has 23 heavy (non-hydrogen) atoms. The maximum absolute atomic E-state index is 10.8. The second-order valence-electron chi connectivity index (χ2n) is 7.61. The summed E-state index contributed by atoms with van der Waals surface area (Å²) in [7, 11) is 0. The lowest BCUT2D eigenvalue weighted by molar-refractivity contribution is -0.0370. The highest BCUT2D eigenvalue weighted by Crippen LogP contribution is 2.38. The van der Waals surface area contributed by atoms with Crippen LogP contribution < -0.4 is 0 Å². The summed E-state index contributed by atoms with van der Waals surface area (Å²) in [5, 5.41) is 20.3. The average molecular weight is 320 g/mol. The van der Waals surface area contributed by atoms with Gasteiger partial charge in [-0.15, -0.1) is 0 Å². The molecule has 0 aromatic rings. The summed E-state index contributed by atoms with van der Waals surface area (Å²) in [5.74, 6) is 0.398. The van der Waals surface area contributed by atoms with Crippen molar-refractivity contribution >= 4 is 0 Å². The molecule has 0 aromatic heterocycles. The summed E-state index contributed by atoms with van der Waals surface area (Å²) in [6.07, 6.45) is 10.5. The Morgan fingerprint density at radius 2 is 2.04 bits per heavy atom. The Morgan fingerprint density at radius 3 is 2.70 bits per heavy atom. The zero-order valence-electron chi connectivity index (χ0n) is 15.0. The minimum atomic E-state index is -0.803. The van der Waals surface area contributed by atoms with Crippen LogP contribution in [-0.2, 0) is 4.74 Å². The fraction of sp³-hybridized carbons (Fsp3) is 0.700. The van der Waals surface area contributed by atoms with Crippen molar-refractivity contribution in [2.45, 2.75) is 77.6 Å². The van der Waals surface area contributed by atoms with Crippen LogP contribution in [0.15, 0.2) is 34.9 Å². The Morgan fingerprint density at radius 1 is 1.30 bits per heavy atom. The molecular weight excluding hydrogens is 288 g/mol. The van der Waals surface area contributed by atoms with Crippen molar-refractivity contribution in [2.24, 2.45) is 5.92 Å². The molecule has 0 spiro atoms. The van der Waals surface area contributed by atoms with Gasteiger partial charge in [0.2, 0.25) is 0 Å². The first-order valence-electron chi connectivity index (χ1n) is 8.87. The van der Waals surface area contributed by atoms with Gasteiger partial charge in [0.15, 0.2) is 0 Å². The van der Waals surface area contributed by atoms with E-state index in [1.54, 1.807) is 0 Å². The molecule has 2 heterocycles. The zero-order chi connectivity index (χ0) is 17.0. The van der Waals surface area contributed by atoms with Crippen LogP contribution in [0, 0.1) is 5.92 Å². The standard InChI is InChI=1S/C20H32O3/c1-14(2)17-10-8-15(3)6-5-7-16(13-21)9-11-19-20(4,22)12-18(17)23-19/h7-8,10,14,18-19,21-22H,5-6,9,11-13H2,1-4H3/b15-8-,16-7-,17-10+/t18-,19+,20+/m0/s1. The number of hydrogen-bond donors (Lipinski definition) is 2. The molecule has 2 N–H and O–H groups in total. The van der Waals surface area contributed by atoms with E-state index in [0.29, 0.717) is 12.3 Å². The minimum absolute atomic E-state index is 0.0126. The van der Waals surface area contributed by atoms with Gasteiger partial charge in [-0.05, 0) is 56.6 Å². The van der Waals surface area contributed by atoms with Crippen molar-refractivity contribution in [3.05, 3.63) is 34.9 Å². The molecule has 2 aliphatic heterocycles. The first-order valence-corrected chi connectivity index (χ1v) is 8.87. The molecule has 2 rings (SSSR count). The highest BCUT2D eigenvalue weighted by molar-refractivity contribution is 5.24. The average Bonchev–Trinajstić information content (AvgIpc) is 2.77. The Bertz CT molecular complexity index is 497. The van der Waals surface area contributed by atoms with Crippen LogP contribution in [-0.4, -0.2) is 34.6 Å². The number of hydrogen-bond acceptors (Lipinski definition) is 3. The number of allylic oxidation sites excluding steroid dienone is 4. The van der Waals surface area contributed by atoms with Crippen molar-refractivity contribution in [2.75, 3.05) is 6.61 Å². The molecule has 0 amide bonds. The van der Waals surface area contributed by atoms with E-state index in [9.17, 15) is 10.2 Å². The molecule has 0 radical (unpaired) electrons. The number of ether oxygens (including phenoxy) is 1. The zero-order valence-corrected chi connectivity index (χ0v) is 15.0. The smallest absolute Gasteiger partial charge is 0.0908 e. The third kappa shape index (κ3) is 4.79. The molecule has 0 saturated carbocycles. The minimum Gasteiger partial charge on any atom is -0.392 e. The molecule has 2 aliphatic rings. The summed E-state index contributed by atoms with van der Waals surface area (Å²) < 4.78 is 6.24. The summed E-state index contributed by atoms with van der Waals surface area (Å²) in [6, 6.07) is 0. The van der Waals surface area contributed by atoms with Gasteiger partial charge in [0.25, 0.3) is 0 Å². The van der Waals surface area contributed by atoms with Crippen molar-refractivity contribution in [1.29, 1.82) is 0 Å². The second-order valence-corrected chi connectivity index (χ2v) is 7.61. The number of fused-ring (bicyclic) bond motifs is 2. The number of rotatable bonds is 2. The van der Waals surface area contributed by atoms with Crippen LogP contribution in [0.1, 0.15) is 59.8 Å². The molecule has 0 aliphatic carbocycles. The van der Waals surface area contributed by atoms with Gasteiger partial charge in [-0.25, -0.2) is 0 Å². The lowest BCUT2D eigenvalue weighted by atomic mass is 9.87. The SMILES string of the molecule is C/C1=C/C=C(\C(C)C)[C@@H]2C[C@@](C)(O)[C@@H](CC/C(CO)=C/CC1)O2. The Hall–Kier alpha value is -0.900. The maximum Gasteiger partial charge on any atom is 0.0908 e. The second kappa shape index (κ2) is 7.78. The largest absolute Gasteiger partial charge is 0.392 e. The van der Waals surface area contributed by atoms with Crippen molar-refractivity contribution in [1.82, 2.24) is 0 Å². The lowest BCUT2D eigenvalue weighted by Gasteiger charge is -2.24. The Balaban J connectivity index is 2.32. The maximum atomic E-state index is 10.8. The van der Waals surface area contributed by atoms with Gasteiger partial charge in [-0.1, -0.05) is 37.6 Å². The summed E-state index contributed by atoms with van der Waals surface area (Å²) in [4.78, 5) is 0. The molecular formula is C20H32O3. The number of aliphatic hydroxyl groups is 2. The van der Waals surface area contributed by atoms with Crippen molar-refractivity contribution in [3.8, 4) is 0 Å². The van der Waals surface area contributed by atoms with Crippen LogP contribution in [0.25, 0.3) is 0 Å². The third-order valence-corrected chi connectivity index (χ3v) is 5.12. The van der Waals surface area contributed by atoms with Crippen LogP contribution in [0.4, 0.5) is 0 Å². The topological polar surface area (TPSA) is 49.7 Å². The number of aliphatic hydroxyl groups excluding tert-OH is 1. The quantitative estimate of drug-likeness (QED) is 0.758. The first kappa shape index (κ1) is 18.4. The molecule has 1 fully saturated rings. The fourth-order valence-corrected chi connectivity index (χ4v) is 3.53. The predicted molar refractivity (Wildman–Crippen MR) is 94.2 cm³/mol. The van der Waals surface area contributed by atoms with E-state index in [-0.39, 0.29) is 18.8 Å². The van der Waals surface area contributed by atoms with E-state index >= 15 is 0 Å². The van der Waals surface area contributed by atoms with Gasteiger partial charge >= 0.3 is 0 Å². The molecule has 3 heteroatoms. The fourth-order valence-electron chi connectivity index (χ4n) is 3.53. The van der Waals surface area contributed by atoms with E-state index < -0.39 is 5.60 Å². The summed E-state index contributed by atoms with van der Waals surface area (Å²) in [5.41, 5.74) is 2.85. The highest BCUT2D eigenvalue weighted by Gasteiger charge is 2.44. The van der Waals surface area contributed by atoms with E-state index in [4.69, 9.17) is 4.74 Å². The summed E-state index contributed by atoms with van der Waals surface area (Å²) >= 11 is 0. The molecule has 130 valence electrons. The first-order chi connectivity index (χ1) is 10.8. The monoisotopic (exact) mass is 320 g/mol. The van der Waals surface area contributed by atoms with Gasteiger partial charge in [0.1, 0.15) is 0 Å². The summed E-state index contributed by atoms with van der Waals surface area (Å²) in [6.45, 7) is 8.49. The van der Waals surface area contributed by atoms with Gasteiger partial charge in [0, 0.05) is 6.42 Å². The van der Waals surface area contributed by atoms with Crippen LogP contribution in [0.2, 0.25) is 0 Å². The Labute approximate surface area is 140 Å². The van der Waals surface area contributed by atoms with Crippen LogP contribution >= 0.6 is 0 Å². The highest BCUT2D eigenvalue weighted by atomic mass is 16.5. The molecule has 3 nitrogen and oxygen atoms in total. The van der Waals surface area contributed by atoms with Crippen LogP contribution in [0.5, 0.6) is 0 Å². The van der Waals surface area contributed by atoms with Crippen molar-refractivity contribution < 1.29 is 14.9 Å². The molecule has 0 unspecified atom stereocenters. The van der Waals surface area contributed by atoms with Gasteiger partial charge in [0.05, 0.1) is 24.4 Å². The molecule has 3 atom stereocenters. The van der Waals surface area contributed by atoms with Gasteiger partial charge in [-0.3, -0.25) is 0 Å². The van der Waals surface area contributed by atoms with Crippen LogP contribution in [0.3, 0.4) is 0 Å². The van der Waals surface area contributed by atoms with Crippen molar-refractivity contribution in [3.63, 3.8) is 0 Å². The Kier molecular flexibility index (Phi) is 6.24. The third-order valence-electron chi connectivity index (χ3n) is 5.12. The predicted octanol–water partition coefficient (Wildman–Crippen LogP) is 3.92. The molecule has 0 aromatic carbocycles. The van der Waals surface area contributed by atoms with Gasteiger partial charge < -0.3 is 14.9 Å². The molecule has 1 saturated heterocycles. The van der Waals surface area contributed by atoms with E-state index in [1.165, 1.54) is 11.1 Å². The van der Waals surface area contributed by atoms with E-state index in [2.05, 4.69) is 39.0 Å². The van der Waals surface area contributed by atoms with Gasteiger partial charge in [-0.2, -0.15) is 0 Å². The normalized spacial score (nSPS) is 40.0. The lowest BCUT2D eigenvalue weighted by Crippen LogP contribution is -2.34. The molecule has 2 bridgehead atoms. The van der Waals surface area contributed by atoms with E-state index in [1.807, 2.05) is 6.92 Å². The van der Waals surface area contributed by atoms with E-state index in [0.717, 1.165) is 31.3 Å².